The van der Waals surface area contributed by atoms with Crippen LogP contribution < -0.4 is 20.5 Å². The van der Waals surface area contributed by atoms with Gasteiger partial charge in [-0.3, -0.25) is 0 Å². The van der Waals surface area contributed by atoms with E-state index in [1.807, 2.05) is 18.2 Å². The second kappa shape index (κ2) is 8.05. The third-order valence-electron chi connectivity index (χ3n) is 4.36. The van der Waals surface area contributed by atoms with Crippen LogP contribution in [-0.2, 0) is 4.74 Å². The molecule has 0 aliphatic heterocycles. The Bertz CT molecular complexity index is 564. The molecule has 1 aliphatic carbocycles. The molecule has 0 spiro atoms. The number of halogens is 1. The lowest BCUT2D eigenvalue weighted by Gasteiger charge is -2.48. The van der Waals surface area contributed by atoms with Gasteiger partial charge in [-0.15, -0.1) is 24.0 Å². The van der Waals surface area contributed by atoms with Crippen LogP contribution in [0, 0.1) is 5.41 Å². The largest absolute Gasteiger partial charge is 0.493 e. The highest BCUT2D eigenvalue weighted by Gasteiger charge is 2.48. The van der Waals surface area contributed by atoms with E-state index in [0.29, 0.717) is 17.5 Å². The lowest BCUT2D eigenvalue weighted by Crippen LogP contribution is -2.54. The topological polar surface area (TPSA) is 78.1 Å². The van der Waals surface area contributed by atoms with Crippen LogP contribution in [0.4, 0.5) is 5.69 Å². The third-order valence-corrected chi connectivity index (χ3v) is 4.36. The monoisotopic (exact) mass is 435 g/mol. The van der Waals surface area contributed by atoms with Gasteiger partial charge in [0.1, 0.15) is 0 Å². The molecule has 130 valence electrons. The zero-order valence-corrected chi connectivity index (χ0v) is 16.6. The minimum Gasteiger partial charge on any atom is -0.493 e. The summed E-state index contributed by atoms with van der Waals surface area (Å²) in [6.07, 6.45) is 1.12. The van der Waals surface area contributed by atoms with Crippen molar-refractivity contribution in [3.8, 4) is 11.5 Å². The van der Waals surface area contributed by atoms with Gasteiger partial charge in [0.05, 0.1) is 26.4 Å². The molecular weight excluding hydrogens is 409 g/mol. The number of anilines is 1. The van der Waals surface area contributed by atoms with Crippen LogP contribution in [0.3, 0.4) is 0 Å². The molecule has 0 heterocycles. The number of methoxy groups -OCH3 is 3. The maximum absolute atomic E-state index is 6.01. The highest BCUT2D eigenvalue weighted by molar-refractivity contribution is 14.0. The number of hydrogen-bond donors (Lipinski definition) is 2. The molecule has 0 bridgehead atoms. The summed E-state index contributed by atoms with van der Waals surface area (Å²) < 4.78 is 15.9. The van der Waals surface area contributed by atoms with E-state index in [1.165, 1.54) is 0 Å². The van der Waals surface area contributed by atoms with Gasteiger partial charge >= 0.3 is 0 Å². The van der Waals surface area contributed by atoms with Crippen molar-refractivity contribution in [2.45, 2.75) is 32.4 Å². The SMILES string of the molecule is COc1ccc(NC(N)=NC2CC(OC)C2(C)C)cc1OC.I. The fourth-order valence-corrected chi connectivity index (χ4v) is 2.75. The standard InChI is InChI=1S/C16H25N3O3.HI/c1-16(2)13(9-14(16)22-5)19-15(17)18-10-6-7-11(20-3)12(8-10)21-4;/h6-8,13-14H,9H2,1-5H3,(H3,17,18,19);1H. The van der Waals surface area contributed by atoms with E-state index >= 15 is 0 Å². The molecule has 1 aromatic carbocycles. The minimum atomic E-state index is -0.00134. The number of nitrogens with one attached hydrogen (secondary N) is 1. The van der Waals surface area contributed by atoms with Gasteiger partial charge < -0.3 is 25.3 Å². The zero-order chi connectivity index (χ0) is 16.3. The summed E-state index contributed by atoms with van der Waals surface area (Å²) in [4.78, 5) is 4.56. The Labute approximate surface area is 154 Å². The normalized spacial score (nSPS) is 22.6. The first kappa shape index (κ1) is 19.8. The third kappa shape index (κ3) is 4.20. The molecule has 0 amide bonds. The van der Waals surface area contributed by atoms with Crippen molar-refractivity contribution in [3.63, 3.8) is 0 Å². The number of ether oxygens (including phenoxy) is 3. The van der Waals surface area contributed by atoms with Crippen LogP contribution in [0.1, 0.15) is 20.3 Å². The first-order valence-electron chi connectivity index (χ1n) is 7.27. The molecule has 1 aromatic rings. The van der Waals surface area contributed by atoms with Crippen molar-refractivity contribution < 1.29 is 14.2 Å². The smallest absolute Gasteiger partial charge is 0.193 e. The van der Waals surface area contributed by atoms with Gasteiger partial charge in [0.25, 0.3) is 0 Å². The van der Waals surface area contributed by atoms with Gasteiger partial charge in [-0.05, 0) is 18.6 Å². The van der Waals surface area contributed by atoms with Crippen LogP contribution in [-0.4, -0.2) is 39.4 Å². The second-order valence-electron chi connectivity index (χ2n) is 6.01. The molecule has 0 aromatic heterocycles. The highest BCUT2D eigenvalue weighted by Crippen LogP contribution is 2.44. The predicted octanol–water partition coefficient (Wildman–Crippen LogP) is 2.86. The Morgan fingerprint density at radius 3 is 2.39 bits per heavy atom. The minimum absolute atomic E-state index is 0. The first-order valence-corrected chi connectivity index (χ1v) is 7.27. The summed E-state index contributed by atoms with van der Waals surface area (Å²) in [5.74, 6) is 1.70. The number of nitrogens with two attached hydrogens (primary N) is 1. The van der Waals surface area contributed by atoms with E-state index in [1.54, 1.807) is 21.3 Å². The van der Waals surface area contributed by atoms with Gasteiger partial charge in [-0.2, -0.15) is 0 Å². The average molecular weight is 435 g/mol. The molecule has 3 N–H and O–H groups in total. The van der Waals surface area contributed by atoms with E-state index in [4.69, 9.17) is 19.9 Å². The summed E-state index contributed by atoms with van der Waals surface area (Å²) in [5, 5.41) is 3.09. The molecule has 1 aliphatic rings. The molecule has 6 nitrogen and oxygen atoms in total. The number of rotatable bonds is 5. The van der Waals surface area contributed by atoms with E-state index in [-0.39, 0.29) is 41.5 Å². The molecule has 2 atom stereocenters. The van der Waals surface area contributed by atoms with Gasteiger partial charge in [-0.1, -0.05) is 13.8 Å². The first-order chi connectivity index (χ1) is 10.4. The van der Waals surface area contributed by atoms with Crippen molar-refractivity contribution in [1.82, 2.24) is 0 Å². The van der Waals surface area contributed by atoms with Crippen LogP contribution in [0.15, 0.2) is 23.2 Å². The van der Waals surface area contributed by atoms with Crippen molar-refractivity contribution >= 4 is 35.6 Å². The van der Waals surface area contributed by atoms with Crippen molar-refractivity contribution in [1.29, 1.82) is 0 Å². The number of benzene rings is 1. The van der Waals surface area contributed by atoms with Gasteiger partial charge in [0.2, 0.25) is 0 Å². The second-order valence-corrected chi connectivity index (χ2v) is 6.01. The van der Waals surface area contributed by atoms with Gasteiger partial charge in [-0.25, -0.2) is 4.99 Å². The van der Waals surface area contributed by atoms with Crippen LogP contribution in [0.25, 0.3) is 0 Å². The predicted molar refractivity (Wildman–Crippen MR) is 103 cm³/mol. The fourth-order valence-electron chi connectivity index (χ4n) is 2.75. The van der Waals surface area contributed by atoms with Gasteiger partial charge in [0, 0.05) is 24.3 Å². The van der Waals surface area contributed by atoms with Crippen molar-refractivity contribution in [3.05, 3.63) is 18.2 Å². The summed E-state index contributed by atoms with van der Waals surface area (Å²) in [6.45, 7) is 4.28. The molecule has 0 radical (unpaired) electrons. The summed E-state index contributed by atoms with van der Waals surface area (Å²) in [7, 11) is 4.93. The molecule has 0 saturated heterocycles. The molecule has 2 unspecified atom stereocenters. The molecule has 7 heteroatoms. The Morgan fingerprint density at radius 1 is 1.22 bits per heavy atom. The Hall–Kier alpha value is -1.22. The summed E-state index contributed by atoms with van der Waals surface area (Å²) in [5.41, 5.74) is 6.82. The molecule has 2 rings (SSSR count). The summed E-state index contributed by atoms with van der Waals surface area (Å²) >= 11 is 0. The number of nitrogens with zero attached hydrogens (tertiary/aromatic N) is 1. The molecule has 1 fully saturated rings. The maximum atomic E-state index is 6.01. The quantitative estimate of drug-likeness (QED) is 0.423. The Balaban J connectivity index is 0.00000264. The Kier molecular flexibility index (Phi) is 6.94. The Morgan fingerprint density at radius 2 is 1.87 bits per heavy atom. The number of hydrogen-bond acceptors (Lipinski definition) is 4. The van der Waals surface area contributed by atoms with E-state index in [2.05, 4.69) is 24.2 Å². The lowest BCUT2D eigenvalue weighted by atomic mass is 9.65. The number of aliphatic imine (C=N–C) groups is 1. The van der Waals surface area contributed by atoms with E-state index in [0.717, 1.165) is 12.1 Å². The van der Waals surface area contributed by atoms with Crippen LogP contribution in [0.5, 0.6) is 11.5 Å². The van der Waals surface area contributed by atoms with E-state index in [9.17, 15) is 0 Å². The van der Waals surface area contributed by atoms with Crippen molar-refractivity contribution in [2.24, 2.45) is 16.1 Å². The number of guanidine groups is 1. The van der Waals surface area contributed by atoms with Crippen molar-refractivity contribution in [2.75, 3.05) is 26.6 Å². The van der Waals surface area contributed by atoms with Gasteiger partial charge in [0.15, 0.2) is 17.5 Å². The molecule has 23 heavy (non-hydrogen) atoms. The van der Waals surface area contributed by atoms with Crippen LogP contribution >= 0.6 is 24.0 Å². The zero-order valence-electron chi connectivity index (χ0n) is 14.3. The summed E-state index contributed by atoms with van der Waals surface area (Å²) in [6, 6.07) is 5.67. The lowest BCUT2D eigenvalue weighted by molar-refractivity contribution is -0.0850. The molecule has 1 saturated carbocycles. The average Bonchev–Trinajstić information content (AvgIpc) is 2.50. The van der Waals surface area contributed by atoms with Crippen LogP contribution in [0.2, 0.25) is 0 Å². The fraction of sp³-hybridized carbons (Fsp3) is 0.562. The molecular formula is C16H26IN3O3. The maximum Gasteiger partial charge on any atom is 0.193 e. The van der Waals surface area contributed by atoms with E-state index < -0.39 is 0 Å². The highest BCUT2D eigenvalue weighted by atomic mass is 127.